The van der Waals surface area contributed by atoms with Crippen molar-refractivity contribution in [3.8, 4) is 5.75 Å². The maximum atomic E-state index is 12.9. The molecule has 0 saturated carbocycles. The molecule has 1 unspecified atom stereocenters. The SMILES string of the molecule is CC(NC(=O)c1ccccc1NC(=O)COc1ccccc1C(C)(C)C)c1ccccc1. The van der Waals surface area contributed by atoms with Crippen LogP contribution >= 0.6 is 0 Å². The standard InChI is InChI=1S/C27H30N2O3/c1-19(20-12-6-5-7-13-20)28-26(31)21-14-8-10-16-23(21)29-25(30)18-32-24-17-11-9-15-22(24)27(2,3)4/h5-17,19H,18H2,1-4H3,(H,28,31)(H,29,30). The van der Waals surface area contributed by atoms with Crippen LogP contribution in [0.5, 0.6) is 5.75 Å². The second kappa shape index (κ2) is 10.1. The van der Waals surface area contributed by atoms with Crippen molar-refractivity contribution in [2.75, 3.05) is 11.9 Å². The van der Waals surface area contributed by atoms with Crippen LogP contribution in [0.2, 0.25) is 0 Å². The first-order valence-electron chi connectivity index (χ1n) is 10.7. The summed E-state index contributed by atoms with van der Waals surface area (Å²) in [6.07, 6.45) is 0. The van der Waals surface area contributed by atoms with Gasteiger partial charge >= 0.3 is 0 Å². The molecular weight excluding hydrogens is 400 g/mol. The number of benzene rings is 3. The van der Waals surface area contributed by atoms with E-state index in [0.29, 0.717) is 17.0 Å². The Morgan fingerprint density at radius 1 is 0.875 bits per heavy atom. The molecule has 0 aliphatic carbocycles. The first-order valence-corrected chi connectivity index (χ1v) is 10.7. The minimum absolute atomic E-state index is 0.104. The van der Waals surface area contributed by atoms with E-state index in [0.717, 1.165) is 11.1 Å². The van der Waals surface area contributed by atoms with Gasteiger partial charge in [0.1, 0.15) is 5.75 Å². The predicted octanol–water partition coefficient (Wildman–Crippen LogP) is 5.49. The van der Waals surface area contributed by atoms with Crippen molar-refractivity contribution in [3.63, 3.8) is 0 Å². The zero-order chi connectivity index (χ0) is 23.1. The molecule has 1 atom stereocenters. The van der Waals surface area contributed by atoms with Gasteiger partial charge in [-0.2, -0.15) is 0 Å². The Morgan fingerprint density at radius 3 is 2.22 bits per heavy atom. The molecule has 0 aliphatic heterocycles. The highest BCUT2D eigenvalue weighted by molar-refractivity contribution is 6.04. The summed E-state index contributed by atoms with van der Waals surface area (Å²) >= 11 is 0. The Labute approximate surface area is 189 Å². The van der Waals surface area contributed by atoms with Crippen LogP contribution in [0.4, 0.5) is 5.69 Å². The number of carbonyl (C=O) groups is 2. The first kappa shape index (κ1) is 23.1. The first-order chi connectivity index (χ1) is 15.3. The largest absolute Gasteiger partial charge is 0.483 e. The summed E-state index contributed by atoms with van der Waals surface area (Å²) in [6, 6.07) is 24.2. The van der Waals surface area contributed by atoms with Gasteiger partial charge in [-0.15, -0.1) is 0 Å². The fourth-order valence-electron chi connectivity index (χ4n) is 3.43. The number of nitrogens with one attached hydrogen (secondary N) is 2. The number of para-hydroxylation sites is 2. The van der Waals surface area contributed by atoms with Gasteiger partial charge in [-0.25, -0.2) is 0 Å². The van der Waals surface area contributed by atoms with E-state index in [4.69, 9.17) is 4.74 Å². The molecule has 0 fully saturated rings. The molecule has 2 N–H and O–H groups in total. The van der Waals surface area contributed by atoms with Gasteiger partial charge in [-0.1, -0.05) is 81.4 Å². The third-order valence-electron chi connectivity index (χ3n) is 5.15. The molecule has 3 rings (SSSR count). The number of carbonyl (C=O) groups excluding carboxylic acids is 2. The van der Waals surface area contributed by atoms with Crippen LogP contribution in [0.3, 0.4) is 0 Å². The van der Waals surface area contributed by atoms with E-state index < -0.39 is 0 Å². The number of ether oxygens (including phenoxy) is 1. The fraction of sp³-hybridized carbons (Fsp3) is 0.259. The van der Waals surface area contributed by atoms with Crippen LogP contribution in [0.1, 0.15) is 55.2 Å². The number of amides is 2. The maximum absolute atomic E-state index is 12.9. The Kier molecular flexibility index (Phi) is 7.31. The molecule has 5 nitrogen and oxygen atoms in total. The summed E-state index contributed by atoms with van der Waals surface area (Å²) < 4.78 is 5.81. The van der Waals surface area contributed by atoms with E-state index in [1.807, 2.05) is 61.5 Å². The molecule has 0 aliphatic rings. The van der Waals surface area contributed by atoms with Crippen LogP contribution in [0.25, 0.3) is 0 Å². The molecule has 0 bridgehead atoms. The van der Waals surface area contributed by atoms with E-state index in [-0.39, 0.29) is 29.9 Å². The zero-order valence-electron chi connectivity index (χ0n) is 19.0. The highest BCUT2D eigenvalue weighted by Crippen LogP contribution is 2.31. The maximum Gasteiger partial charge on any atom is 0.262 e. The van der Waals surface area contributed by atoms with Gasteiger partial charge in [0.2, 0.25) is 0 Å². The zero-order valence-corrected chi connectivity index (χ0v) is 19.0. The van der Waals surface area contributed by atoms with Crippen LogP contribution in [0.15, 0.2) is 78.9 Å². The molecular formula is C27H30N2O3. The second-order valence-electron chi connectivity index (χ2n) is 8.73. The summed E-state index contributed by atoms with van der Waals surface area (Å²) in [4.78, 5) is 25.5. The van der Waals surface area contributed by atoms with Crippen LogP contribution in [-0.4, -0.2) is 18.4 Å². The average Bonchev–Trinajstić information content (AvgIpc) is 2.78. The third kappa shape index (κ3) is 5.97. The van der Waals surface area contributed by atoms with Crippen LogP contribution in [0, 0.1) is 0 Å². The monoisotopic (exact) mass is 430 g/mol. The molecule has 0 radical (unpaired) electrons. The van der Waals surface area contributed by atoms with Gasteiger partial charge in [0.05, 0.1) is 17.3 Å². The topological polar surface area (TPSA) is 67.4 Å². The van der Waals surface area contributed by atoms with Crippen molar-refractivity contribution in [3.05, 3.63) is 95.6 Å². The minimum Gasteiger partial charge on any atom is -0.483 e. The Balaban J connectivity index is 1.66. The molecule has 3 aromatic rings. The lowest BCUT2D eigenvalue weighted by molar-refractivity contribution is -0.118. The van der Waals surface area contributed by atoms with Crippen LogP contribution in [-0.2, 0) is 10.2 Å². The van der Waals surface area contributed by atoms with Gasteiger partial charge in [0.25, 0.3) is 11.8 Å². The van der Waals surface area contributed by atoms with Gasteiger partial charge < -0.3 is 15.4 Å². The minimum atomic E-state index is -0.329. The molecule has 0 spiro atoms. The van der Waals surface area contributed by atoms with Gasteiger partial charge in [0.15, 0.2) is 6.61 Å². The van der Waals surface area contributed by atoms with Crippen molar-refractivity contribution >= 4 is 17.5 Å². The number of hydrogen-bond donors (Lipinski definition) is 2. The molecule has 0 saturated heterocycles. The fourth-order valence-corrected chi connectivity index (χ4v) is 3.43. The van der Waals surface area contributed by atoms with E-state index in [1.165, 1.54) is 0 Å². The lowest BCUT2D eigenvalue weighted by atomic mass is 9.86. The normalized spacial score (nSPS) is 12.0. The second-order valence-corrected chi connectivity index (χ2v) is 8.73. The molecule has 32 heavy (non-hydrogen) atoms. The Hall–Kier alpha value is -3.60. The average molecular weight is 431 g/mol. The Bertz CT molecular complexity index is 1070. The highest BCUT2D eigenvalue weighted by Gasteiger charge is 2.20. The third-order valence-corrected chi connectivity index (χ3v) is 5.15. The van der Waals surface area contributed by atoms with Crippen molar-refractivity contribution in [2.24, 2.45) is 0 Å². The predicted molar refractivity (Wildman–Crippen MR) is 128 cm³/mol. The van der Waals surface area contributed by atoms with Crippen molar-refractivity contribution in [1.29, 1.82) is 0 Å². The summed E-state index contributed by atoms with van der Waals surface area (Å²) in [5.74, 6) is 0.0965. The van der Waals surface area contributed by atoms with Crippen molar-refractivity contribution < 1.29 is 14.3 Å². The summed E-state index contributed by atoms with van der Waals surface area (Å²) in [5.41, 5.74) is 2.78. The van der Waals surface area contributed by atoms with E-state index >= 15 is 0 Å². The summed E-state index contributed by atoms with van der Waals surface area (Å²) in [7, 11) is 0. The highest BCUT2D eigenvalue weighted by atomic mass is 16.5. The van der Waals surface area contributed by atoms with Crippen LogP contribution < -0.4 is 15.4 Å². The molecule has 2 amide bonds. The van der Waals surface area contributed by atoms with E-state index in [1.54, 1.807) is 24.3 Å². The molecule has 0 aromatic heterocycles. The number of anilines is 1. The van der Waals surface area contributed by atoms with E-state index in [2.05, 4.69) is 31.4 Å². The lowest BCUT2D eigenvalue weighted by Crippen LogP contribution is -2.28. The van der Waals surface area contributed by atoms with Gasteiger partial charge in [-0.3, -0.25) is 9.59 Å². The lowest BCUT2D eigenvalue weighted by Gasteiger charge is -2.22. The number of rotatable bonds is 7. The van der Waals surface area contributed by atoms with Gasteiger partial charge in [-0.05, 0) is 41.7 Å². The number of hydrogen-bond acceptors (Lipinski definition) is 3. The molecule has 3 aromatic carbocycles. The van der Waals surface area contributed by atoms with Gasteiger partial charge in [0, 0.05) is 0 Å². The van der Waals surface area contributed by atoms with Crippen molar-refractivity contribution in [2.45, 2.75) is 39.2 Å². The Morgan fingerprint density at radius 2 is 1.50 bits per heavy atom. The summed E-state index contributed by atoms with van der Waals surface area (Å²) in [5, 5.41) is 5.79. The summed E-state index contributed by atoms with van der Waals surface area (Å²) in [6.45, 7) is 8.07. The molecule has 166 valence electrons. The molecule has 5 heteroatoms. The van der Waals surface area contributed by atoms with Crippen molar-refractivity contribution in [1.82, 2.24) is 5.32 Å². The molecule has 0 heterocycles. The smallest absolute Gasteiger partial charge is 0.262 e. The quantitative estimate of drug-likeness (QED) is 0.521. The van der Waals surface area contributed by atoms with E-state index in [9.17, 15) is 9.59 Å².